The zero-order valence-electron chi connectivity index (χ0n) is 14.6. The molecule has 0 unspecified atom stereocenters. The Balaban J connectivity index is 1.42. The number of hydrogen-bond donors (Lipinski definition) is 1. The number of rotatable bonds is 5. The van der Waals surface area contributed by atoms with Gasteiger partial charge in [0.1, 0.15) is 0 Å². The van der Waals surface area contributed by atoms with E-state index in [1.165, 1.54) is 16.9 Å². The van der Waals surface area contributed by atoms with Gasteiger partial charge in [-0.25, -0.2) is 4.98 Å². The van der Waals surface area contributed by atoms with Gasteiger partial charge in [0, 0.05) is 10.9 Å². The monoisotopic (exact) mass is 365 g/mol. The van der Waals surface area contributed by atoms with Crippen molar-refractivity contribution >= 4 is 22.7 Å². The lowest BCUT2D eigenvalue weighted by atomic mass is 10.0. The second-order valence-electron chi connectivity index (χ2n) is 6.30. The molecule has 0 saturated carbocycles. The maximum absolute atomic E-state index is 5.36. The second kappa shape index (κ2) is 7.17. The highest BCUT2D eigenvalue weighted by molar-refractivity contribution is 7.14. The molecule has 1 aliphatic rings. The van der Waals surface area contributed by atoms with Gasteiger partial charge in [0.2, 0.25) is 11.9 Å². The quantitative estimate of drug-likeness (QED) is 0.504. The van der Waals surface area contributed by atoms with Crippen LogP contribution in [0.1, 0.15) is 30.9 Å². The summed E-state index contributed by atoms with van der Waals surface area (Å²) in [5.74, 6) is 2.04. The fraction of sp³-hybridized carbons (Fsp3) is 0.200. The summed E-state index contributed by atoms with van der Waals surface area (Å²) >= 11 is 1.53. The van der Waals surface area contributed by atoms with Crippen LogP contribution < -0.4 is 14.9 Å². The molecule has 1 N–H and O–H groups in total. The first-order valence-corrected chi connectivity index (χ1v) is 9.31. The number of anilines is 1. The topological polar surface area (TPSA) is 55.7 Å². The van der Waals surface area contributed by atoms with E-state index in [1.54, 1.807) is 6.21 Å². The third kappa shape index (κ3) is 3.55. The minimum absolute atomic E-state index is 0.272. The summed E-state index contributed by atoms with van der Waals surface area (Å²) in [4.78, 5) is 4.59. The van der Waals surface area contributed by atoms with E-state index in [9.17, 15) is 0 Å². The minimum Gasteiger partial charge on any atom is -0.454 e. The molecule has 2 aromatic carbocycles. The molecule has 26 heavy (non-hydrogen) atoms. The van der Waals surface area contributed by atoms with E-state index < -0.39 is 0 Å². The first-order valence-electron chi connectivity index (χ1n) is 8.43. The fourth-order valence-electron chi connectivity index (χ4n) is 2.65. The number of ether oxygens (including phenoxy) is 2. The maximum Gasteiger partial charge on any atom is 0.231 e. The Morgan fingerprint density at radius 1 is 1.12 bits per heavy atom. The highest BCUT2D eigenvalue weighted by Gasteiger charge is 2.12. The van der Waals surface area contributed by atoms with Crippen LogP contribution in [0, 0.1) is 0 Å². The first kappa shape index (κ1) is 16.6. The molecule has 5 nitrogen and oxygen atoms in total. The average molecular weight is 365 g/mol. The maximum atomic E-state index is 5.36. The summed E-state index contributed by atoms with van der Waals surface area (Å²) in [6.45, 7) is 4.66. The number of hydrogen-bond acceptors (Lipinski definition) is 6. The zero-order chi connectivity index (χ0) is 17.9. The van der Waals surface area contributed by atoms with Crippen molar-refractivity contribution in [3.05, 3.63) is 59.0 Å². The Morgan fingerprint density at radius 3 is 2.73 bits per heavy atom. The average Bonchev–Trinajstić information content (AvgIpc) is 3.30. The molecule has 0 saturated heterocycles. The van der Waals surface area contributed by atoms with Crippen molar-refractivity contribution in [2.75, 3.05) is 12.2 Å². The lowest BCUT2D eigenvalue weighted by Crippen LogP contribution is -1.93. The highest BCUT2D eigenvalue weighted by Crippen LogP contribution is 2.32. The van der Waals surface area contributed by atoms with Crippen molar-refractivity contribution < 1.29 is 9.47 Å². The van der Waals surface area contributed by atoms with Crippen LogP contribution in [0.5, 0.6) is 11.5 Å². The zero-order valence-corrected chi connectivity index (χ0v) is 15.4. The van der Waals surface area contributed by atoms with Gasteiger partial charge in [-0.3, -0.25) is 5.43 Å². The molecule has 1 aromatic heterocycles. The van der Waals surface area contributed by atoms with E-state index in [-0.39, 0.29) is 6.79 Å². The van der Waals surface area contributed by atoms with Gasteiger partial charge in [0.05, 0.1) is 11.9 Å². The Hall–Kier alpha value is -2.86. The van der Waals surface area contributed by atoms with Crippen LogP contribution in [0.2, 0.25) is 0 Å². The normalized spacial score (nSPS) is 12.9. The molecule has 0 atom stereocenters. The Kier molecular flexibility index (Phi) is 4.58. The van der Waals surface area contributed by atoms with Gasteiger partial charge in [-0.1, -0.05) is 38.1 Å². The molecule has 3 aromatic rings. The molecular formula is C20H19N3O2S. The fourth-order valence-corrected chi connectivity index (χ4v) is 3.32. The van der Waals surface area contributed by atoms with Gasteiger partial charge in [-0.2, -0.15) is 5.10 Å². The molecule has 1 aliphatic heterocycles. The van der Waals surface area contributed by atoms with Crippen LogP contribution in [0.15, 0.2) is 52.9 Å². The van der Waals surface area contributed by atoms with Crippen LogP contribution in [-0.2, 0) is 0 Å². The highest BCUT2D eigenvalue weighted by atomic mass is 32.1. The van der Waals surface area contributed by atoms with Gasteiger partial charge >= 0.3 is 0 Å². The van der Waals surface area contributed by atoms with Crippen molar-refractivity contribution in [1.29, 1.82) is 0 Å². The second-order valence-corrected chi connectivity index (χ2v) is 7.16. The Bertz CT molecular complexity index is 932. The molecule has 0 spiro atoms. The van der Waals surface area contributed by atoms with Gasteiger partial charge in [0.15, 0.2) is 11.5 Å². The van der Waals surface area contributed by atoms with E-state index in [1.807, 2.05) is 23.6 Å². The third-order valence-electron chi connectivity index (χ3n) is 4.15. The van der Waals surface area contributed by atoms with E-state index in [0.717, 1.165) is 33.5 Å². The number of thiazole rings is 1. The van der Waals surface area contributed by atoms with Crippen LogP contribution in [0.4, 0.5) is 5.13 Å². The first-order chi connectivity index (χ1) is 12.7. The van der Waals surface area contributed by atoms with Crippen LogP contribution in [-0.4, -0.2) is 18.0 Å². The number of benzene rings is 2. The summed E-state index contributed by atoms with van der Waals surface area (Å²) in [6.07, 6.45) is 1.74. The molecule has 0 radical (unpaired) electrons. The van der Waals surface area contributed by atoms with E-state index in [2.05, 4.69) is 53.6 Å². The molecule has 0 aliphatic carbocycles. The third-order valence-corrected chi connectivity index (χ3v) is 4.89. The molecule has 132 valence electrons. The van der Waals surface area contributed by atoms with Crippen LogP contribution in [0.3, 0.4) is 0 Å². The van der Waals surface area contributed by atoms with Gasteiger partial charge in [0.25, 0.3) is 0 Å². The number of hydrazone groups is 1. The van der Waals surface area contributed by atoms with E-state index in [4.69, 9.17) is 9.47 Å². The molecule has 0 amide bonds. The SMILES string of the molecule is CC(C)c1ccc(-c2csc(N/N=C/c3ccc4c(c3)OCO4)n2)cc1. The van der Waals surface area contributed by atoms with Crippen LogP contribution >= 0.6 is 11.3 Å². The lowest BCUT2D eigenvalue weighted by molar-refractivity contribution is 0.174. The summed E-state index contributed by atoms with van der Waals surface area (Å²) < 4.78 is 10.7. The molecule has 0 fully saturated rings. The summed E-state index contributed by atoms with van der Waals surface area (Å²) in [7, 11) is 0. The van der Waals surface area contributed by atoms with Gasteiger partial charge < -0.3 is 9.47 Å². The molecular weight excluding hydrogens is 346 g/mol. The summed E-state index contributed by atoms with van der Waals surface area (Å²) in [5, 5.41) is 7.04. The van der Waals surface area contributed by atoms with Crippen molar-refractivity contribution in [2.45, 2.75) is 19.8 Å². The molecule has 4 rings (SSSR count). The van der Waals surface area contributed by atoms with Crippen molar-refractivity contribution in [1.82, 2.24) is 4.98 Å². The summed E-state index contributed by atoms with van der Waals surface area (Å²) in [6, 6.07) is 14.3. The number of fused-ring (bicyclic) bond motifs is 1. The minimum atomic E-state index is 0.272. The summed E-state index contributed by atoms with van der Waals surface area (Å²) in [5.41, 5.74) is 7.31. The Morgan fingerprint density at radius 2 is 1.92 bits per heavy atom. The standard InChI is InChI=1S/C20H19N3O2S/c1-13(2)15-4-6-16(7-5-15)17-11-26-20(22-17)23-21-10-14-3-8-18-19(9-14)25-12-24-18/h3-11,13H,12H2,1-2H3,(H,22,23)/b21-10+. The molecule has 2 heterocycles. The smallest absolute Gasteiger partial charge is 0.231 e. The van der Waals surface area contributed by atoms with E-state index >= 15 is 0 Å². The molecule has 0 bridgehead atoms. The van der Waals surface area contributed by atoms with Gasteiger partial charge in [-0.15, -0.1) is 11.3 Å². The number of nitrogens with one attached hydrogen (secondary N) is 1. The van der Waals surface area contributed by atoms with Gasteiger partial charge in [-0.05, 0) is 35.2 Å². The molecule has 6 heteroatoms. The van der Waals surface area contributed by atoms with Crippen molar-refractivity contribution in [2.24, 2.45) is 5.10 Å². The number of aromatic nitrogens is 1. The van der Waals surface area contributed by atoms with Crippen molar-refractivity contribution in [3.8, 4) is 22.8 Å². The number of nitrogens with zero attached hydrogens (tertiary/aromatic N) is 2. The largest absolute Gasteiger partial charge is 0.454 e. The van der Waals surface area contributed by atoms with Crippen molar-refractivity contribution in [3.63, 3.8) is 0 Å². The predicted molar refractivity (Wildman–Crippen MR) is 105 cm³/mol. The van der Waals surface area contributed by atoms with Crippen LogP contribution in [0.25, 0.3) is 11.3 Å². The lowest BCUT2D eigenvalue weighted by Gasteiger charge is -2.05. The Labute approximate surface area is 156 Å². The van der Waals surface area contributed by atoms with E-state index in [0.29, 0.717) is 5.92 Å². The predicted octanol–water partition coefficient (Wildman–Crippen LogP) is 5.11.